The fourth-order valence-corrected chi connectivity index (χ4v) is 2.38. The Morgan fingerprint density at radius 3 is 2.55 bits per heavy atom. The number of ether oxygens (including phenoxy) is 2. The lowest BCUT2D eigenvalue weighted by molar-refractivity contribution is 0.0980. The molecule has 2 rings (SSSR count). The minimum atomic E-state index is 0.175. The number of hydrogen-bond donors (Lipinski definition) is 0. The number of ketones is 1. The molecule has 0 bridgehead atoms. The number of rotatable bonds is 7. The molecule has 0 fully saturated rings. The van der Waals surface area contributed by atoms with Crippen LogP contribution in [0.1, 0.15) is 36.5 Å². The topological polar surface area (TPSA) is 35.5 Å². The second kappa shape index (κ2) is 7.64. The number of hydrogen-bond acceptors (Lipinski definition) is 3. The minimum Gasteiger partial charge on any atom is -0.497 e. The minimum absolute atomic E-state index is 0.175. The van der Waals surface area contributed by atoms with Crippen molar-refractivity contribution in [2.75, 3.05) is 14.2 Å². The monoisotopic (exact) mass is 298 g/mol. The summed E-state index contributed by atoms with van der Waals surface area (Å²) in [7, 11) is 3.28. The Morgan fingerprint density at radius 2 is 1.86 bits per heavy atom. The van der Waals surface area contributed by atoms with Crippen LogP contribution in [0.3, 0.4) is 0 Å². The predicted molar refractivity (Wildman–Crippen MR) is 88.8 cm³/mol. The summed E-state index contributed by atoms with van der Waals surface area (Å²) < 4.78 is 10.7. The van der Waals surface area contributed by atoms with E-state index in [9.17, 15) is 4.79 Å². The summed E-state index contributed by atoms with van der Waals surface area (Å²) in [6, 6.07) is 13.4. The number of carbonyl (C=O) groups excluding carboxylic acids is 1. The molecule has 2 aromatic rings. The van der Waals surface area contributed by atoms with Gasteiger partial charge in [-0.05, 0) is 42.3 Å². The smallest absolute Gasteiger partial charge is 0.162 e. The summed E-state index contributed by atoms with van der Waals surface area (Å²) in [5.41, 5.74) is 2.61. The van der Waals surface area contributed by atoms with E-state index in [2.05, 4.69) is 6.92 Å². The number of methoxy groups -OCH3 is 2. The first-order valence-electron chi connectivity index (χ1n) is 7.55. The highest BCUT2D eigenvalue weighted by Crippen LogP contribution is 2.33. The van der Waals surface area contributed by atoms with Crippen LogP contribution in [0.25, 0.3) is 11.1 Å². The second-order valence-electron chi connectivity index (χ2n) is 5.17. The number of Topliss-reactive ketones (excluding diaryl/α,β-unsaturated/α-hetero) is 1. The molecule has 0 aromatic heterocycles. The number of carbonyl (C=O) groups is 1. The van der Waals surface area contributed by atoms with E-state index in [0.29, 0.717) is 6.42 Å². The van der Waals surface area contributed by atoms with Gasteiger partial charge in [0.25, 0.3) is 0 Å². The Kier molecular flexibility index (Phi) is 5.59. The van der Waals surface area contributed by atoms with Gasteiger partial charge in [-0.15, -0.1) is 0 Å². The maximum Gasteiger partial charge on any atom is 0.162 e. The molecule has 3 nitrogen and oxygen atoms in total. The van der Waals surface area contributed by atoms with Crippen LogP contribution in [0, 0.1) is 0 Å². The Labute approximate surface area is 131 Å². The van der Waals surface area contributed by atoms with Crippen LogP contribution in [0.2, 0.25) is 0 Å². The van der Waals surface area contributed by atoms with E-state index in [1.54, 1.807) is 14.2 Å². The zero-order chi connectivity index (χ0) is 15.9. The Morgan fingerprint density at radius 1 is 1.05 bits per heavy atom. The second-order valence-corrected chi connectivity index (χ2v) is 5.17. The van der Waals surface area contributed by atoms with Crippen molar-refractivity contribution >= 4 is 5.78 Å². The predicted octanol–water partition coefficient (Wildman–Crippen LogP) is 4.74. The molecule has 0 unspecified atom stereocenters. The summed E-state index contributed by atoms with van der Waals surface area (Å²) in [4.78, 5) is 12.2. The maximum absolute atomic E-state index is 12.2. The van der Waals surface area contributed by atoms with Gasteiger partial charge < -0.3 is 9.47 Å². The van der Waals surface area contributed by atoms with Crippen LogP contribution < -0.4 is 9.47 Å². The van der Waals surface area contributed by atoms with Crippen LogP contribution >= 0.6 is 0 Å². The molecule has 0 saturated carbocycles. The van der Waals surface area contributed by atoms with Crippen LogP contribution in [0.15, 0.2) is 42.5 Å². The van der Waals surface area contributed by atoms with Crippen LogP contribution in [-0.2, 0) is 0 Å². The lowest BCUT2D eigenvalue weighted by atomic mass is 9.98. The van der Waals surface area contributed by atoms with Gasteiger partial charge in [0.05, 0.1) is 14.2 Å². The highest BCUT2D eigenvalue weighted by Gasteiger charge is 2.12. The lowest BCUT2D eigenvalue weighted by Gasteiger charge is -2.12. The highest BCUT2D eigenvalue weighted by molar-refractivity contribution is 5.97. The molecule has 0 aliphatic carbocycles. The molecule has 116 valence electrons. The van der Waals surface area contributed by atoms with Crippen LogP contribution in [-0.4, -0.2) is 20.0 Å². The van der Waals surface area contributed by atoms with Crippen molar-refractivity contribution < 1.29 is 14.3 Å². The van der Waals surface area contributed by atoms with Crippen molar-refractivity contribution in [1.82, 2.24) is 0 Å². The van der Waals surface area contributed by atoms with Gasteiger partial charge in [-0.2, -0.15) is 0 Å². The Balaban J connectivity index is 2.41. The highest BCUT2D eigenvalue weighted by atomic mass is 16.5. The van der Waals surface area contributed by atoms with Gasteiger partial charge in [-0.25, -0.2) is 0 Å². The summed E-state index contributed by atoms with van der Waals surface area (Å²) in [5, 5.41) is 0. The van der Waals surface area contributed by atoms with Gasteiger partial charge in [0.1, 0.15) is 11.5 Å². The van der Waals surface area contributed by atoms with Crippen molar-refractivity contribution in [2.45, 2.75) is 26.2 Å². The van der Waals surface area contributed by atoms with E-state index in [4.69, 9.17) is 9.47 Å². The van der Waals surface area contributed by atoms with Crippen molar-refractivity contribution in [2.24, 2.45) is 0 Å². The molecule has 0 radical (unpaired) electrons. The summed E-state index contributed by atoms with van der Waals surface area (Å²) >= 11 is 0. The van der Waals surface area contributed by atoms with Crippen molar-refractivity contribution in [1.29, 1.82) is 0 Å². The van der Waals surface area contributed by atoms with E-state index < -0.39 is 0 Å². The number of benzene rings is 2. The van der Waals surface area contributed by atoms with E-state index >= 15 is 0 Å². The average molecular weight is 298 g/mol. The molecule has 0 aliphatic rings. The van der Waals surface area contributed by atoms with E-state index in [0.717, 1.165) is 41.0 Å². The van der Waals surface area contributed by atoms with E-state index in [1.165, 1.54) is 0 Å². The summed E-state index contributed by atoms with van der Waals surface area (Å²) in [5.74, 6) is 1.70. The summed E-state index contributed by atoms with van der Waals surface area (Å²) in [6.45, 7) is 2.09. The van der Waals surface area contributed by atoms with Crippen molar-refractivity contribution in [3.63, 3.8) is 0 Å². The molecular formula is C19H22O3. The summed E-state index contributed by atoms with van der Waals surface area (Å²) in [6.07, 6.45) is 2.52. The first kappa shape index (κ1) is 16.1. The molecule has 22 heavy (non-hydrogen) atoms. The third-order valence-corrected chi connectivity index (χ3v) is 3.66. The van der Waals surface area contributed by atoms with Crippen LogP contribution in [0.4, 0.5) is 0 Å². The molecule has 0 heterocycles. The van der Waals surface area contributed by atoms with Gasteiger partial charge in [-0.3, -0.25) is 4.79 Å². The molecule has 0 atom stereocenters. The van der Waals surface area contributed by atoms with Crippen molar-refractivity contribution in [3.05, 3.63) is 48.0 Å². The van der Waals surface area contributed by atoms with Gasteiger partial charge in [0.2, 0.25) is 0 Å². The third-order valence-electron chi connectivity index (χ3n) is 3.66. The maximum atomic E-state index is 12.2. The van der Waals surface area contributed by atoms with Crippen LogP contribution in [0.5, 0.6) is 11.5 Å². The SMILES string of the molecule is CCCCC(=O)c1ccc(OC)c(-c2cccc(OC)c2)c1. The standard InChI is InChI=1S/C19H22O3/c1-4-5-9-18(20)15-10-11-19(22-3)17(13-15)14-7-6-8-16(12-14)21-2/h6-8,10-13H,4-5,9H2,1-3H3. The fourth-order valence-electron chi connectivity index (χ4n) is 2.38. The molecule has 3 heteroatoms. The molecule has 0 N–H and O–H groups in total. The molecule has 2 aromatic carbocycles. The van der Waals surface area contributed by atoms with E-state index in [-0.39, 0.29) is 5.78 Å². The van der Waals surface area contributed by atoms with Gasteiger partial charge in [-0.1, -0.05) is 25.5 Å². The van der Waals surface area contributed by atoms with Crippen molar-refractivity contribution in [3.8, 4) is 22.6 Å². The lowest BCUT2D eigenvalue weighted by Crippen LogP contribution is -2.00. The molecule has 0 spiro atoms. The molecular weight excluding hydrogens is 276 g/mol. The van der Waals surface area contributed by atoms with E-state index in [1.807, 2.05) is 42.5 Å². The quantitative estimate of drug-likeness (QED) is 0.692. The molecule has 0 aliphatic heterocycles. The molecule has 0 amide bonds. The first-order valence-corrected chi connectivity index (χ1v) is 7.55. The number of unbranched alkanes of at least 4 members (excludes halogenated alkanes) is 1. The first-order chi connectivity index (χ1) is 10.7. The fraction of sp³-hybridized carbons (Fsp3) is 0.316. The average Bonchev–Trinajstić information content (AvgIpc) is 2.59. The Hall–Kier alpha value is -2.29. The molecule has 0 saturated heterocycles. The van der Waals surface area contributed by atoms with Gasteiger partial charge >= 0.3 is 0 Å². The third kappa shape index (κ3) is 3.67. The zero-order valence-electron chi connectivity index (χ0n) is 13.4. The zero-order valence-corrected chi connectivity index (χ0v) is 13.4. The normalized spacial score (nSPS) is 10.3. The largest absolute Gasteiger partial charge is 0.497 e. The Bertz CT molecular complexity index is 647. The van der Waals surface area contributed by atoms with Gasteiger partial charge in [0, 0.05) is 17.5 Å². The van der Waals surface area contributed by atoms with Gasteiger partial charge in [0.15, 0.2) is 5.78 Å².